The molecular weight excluding hydrogens is 348 g/mol. The van der Waals surface area contributed by atoms with Crippen LogP contribution in [0.3, 0.4) is 0 Å². The maximum Gasteiger partial charge on any atom is 0.239 e. The molecule has 0 radical (unpaired) electrons. The number of nitrogens with zero attached hydrogens (tertiary/aromatic N) is 1. The van der Waals surface area contributed by atoms with Crippen molar-refractivity contribution in [3.8, 4) is 11.3 Å². The molecule has 0 bridgehead atoms. The van der Waals surface area contributed by atoms with Gasteiger partial charge in [-0.1, -0.05) is 38.1 Å². The summed E-state index contributed by atoms with van der Waals surface area (Å²) in [6, 6.07) is 7.57. The van der Waals surface area contributed by atoms with Crippen molar-refractivity contribution in [2.45, 2.75) is 33.2 Å². The lowest BCUT2D eigenvalue weighted by molar-refractivity contribution is -0.127. The Morgan fingerprint density at radius 2 is 1.88 bits per heavy atom. The van der Waals surface area contributed by atoms with Gasteiger partial charge in [-0.2, -0.15) is 0 Å². The molecule has 1 atom stereocenters. The number of amides is 2. The van der Waals surface area contributed by atoms with Crippen LogP contribution in [0.15, 0.2) is 29.6 Å². The second-order valence-electron chi connectivity index (χ2n) is 6.54. The highest BCUT2D eigenvalue weighted by atomic mass is 32.1. The van der Waals surface area contributed by atoms with E-state index in [2.05, 4.69) is 15.6 Å². The Hall–Kier alpha value is -2.25. The highest BCUT2D eigenvalue weighted by Gasteiger charge is 2.17. The predicted molar refractivity (Wildman–Crippen MR) is 105 cm³/mol. The average molecular weight is 375 g/mol. The number of thiazole rings is 1. The highest BCUT2D eigenvalue weighted by molar-refractivity contribution is 7.09. The first kappa shape index (κ1) is 20.1. The molecule has 0 saturated heterocycles. The lowest BCUT2D eigenvalue weighted by Gasteiger charge is -2.15. The largest absolute Gasteiger partial charge is 0.354 e. The van der Waals surface area contributed by atoms with Crippen LogP contribution in [-0.2, 0) is 16.0 Å². The van der Waals surface area contributed by atoms with Gasteiger partial charge < -0.3 is 16.4 Å². The van der Waals surface area contributed by atoms with Crippen molar-refractivity contribution in [3.05, 3.63) is 40.2 Å². The number of carbonyl (C=O) groups excluding carboxylic acids is 2. The monoisotopic (exact) mass is 374 g/mol. The predicted octanol–water partition coefficient (Wildman–Crippen LogP) is 1.88. The van der Waals surface area contributed by atoms with E-state index in [1.165, 1.54) is 0 Å². The Balaban J connectivity index is 1.72. The van der Waals surface area contributed by atoms with E-state index in [0.29, 0.717) is 6.54 Å². The molecule has 0 spiro atoms. The standard InChI is InChI=1S/C19H26N4O2S/c1-12(2)18(20)19(25)22-10-17(24)21-9-8-14-4-6-15(7-5-14)16-11-26-13(3)23-16/h4-7,11-12,18H,8-10,20H2,1-3H3,(H,21,24)(H,22,25)/t18-/m0/s1. The van der Waals surface area contributed by atoms with Gasteiger partial charge in [0.2, 0.25) is 11.8 Å². The van der Waals surface area contributed by atoms with Crippen molar-refractivity contribution in [2.24, 2.45) is 11.7 Å². The van der Waals surface area contributed by atoms with Crippen molar-refractivity contribution in [2.75, 3.05) is 13.1 Å². The second-order valence-corrected chi connectivity index (χ2v) is 7.60. The summed E-state index contributed by atoms with van der Waals surface area (Å²) >= 11 is 1.63. The number of nitrogens with two attached hydrogens (primary N) is 1. The molecule has 140 valence electrons. The van der Waals surface area contributed by atoms with Crippen LogP contribution in [0.2, 0.25) is 0 Å². The van der Waals surface area contributed by atoms with E-state index in [0.717, 1.165) is 28.2 Å². The number of nitrogens with one attached hydrogen (secondary N) is 2. The molecule has 1 heterocycles. The molecule has 7 heteroatoms. The molecule has 2 rings (SSSR count). The molecule has 1 aromatic carbocycles. The number of carbonyl (C=O) groups is 2. The lowest BCUT2D eigenvalue weighted by Crippen LogP contribution is -2.47. The average Bonchev–Trinajstić information content (AvgIpc) is 3.06. The Bertz CT molecular complexity index is 740. The second kappa shape index (κ2) is 9.45. The summed E-state index contributed by atoms with van der Waals surface area (Å²) in [5.41, 5.74) is 8.94. The SMILES string of the molecule is Cc1nc(-c2ccc(CCNC(=O)CNC(=O)[C@@H](N)C(C)C)cc2)cs1. The summed E-state index contributed by atoms with van der Waals surface area (Å²) in [4.78, 5) is 28.0. The highest BCUT2D eigenvalue weighted by Crippen LogP contribution is 2.21. The first-order valence-corrected chi connectivity index (χ1v) is 9.56. The molecule has 0 aliphatic heterocycles. The van der Waals surface area contributed by atoms with Crippen LogP contribution < -0.4 is 16.4 Å². The van der Waals surface area contributed by atoms with Gasteiger partial charge >= 0.3 is 0 Å². The molecule has 0 fully saturated rings. The van der Waals surface area contributed by atoms with Gasteiger partial charge in [0.05, 0.1) is 23.3 Å². The van der Waals surface area contributed by atoms with Crippen LogP contribution in [0, 0.1) is 12.8 Å². The molecule has 1 aromatic heterocycles. The summed E-state index contributed by atoms with van der Waals surface area (Å²) in [6.45, 7) is 6.18. The van der Waals surface area contributed by atoms with Crippen LogP contribution in [0.4, 0.5) is 0 Å². The van der Waals surface area contributed by atoms with Gasteiger partial charge in [-0.15, -0.1) is 11.3 Å². The number of aryl methyl sites for hydroxylation is 1. The van der Waals surface area contributed by atoms with Gasteiger partial charge in [-0.3, -0.25) is 9.59 Å². The van der Waals surface area contributed by atoms with Gasteiger partial charge in [-0.25, -0.2) is 4.98 Å². The third-order valence-electron chi connectivity index (χ3n) is 4.05. The molecule has 26 heavy (non-hydrogen) atoms. The summed E-state index contributed by atoms with van der Waals surface area (Å²) in [6.07, 6.45) is 0.724. The Morgan fingerprint density at radius 1 is 1.19 bits per heavy atom. The number of hydrogen-bond acceptors (Lipinski definition) is 5. The minimum Gasteiger partial charge on any atom is -0.354 e. The fourth-order valence-corrected chi connectivity index (χ4v) is 2.96. The van der Waals surface area contributed by atoms with Crippen molar-refractivity contribution in [1.82, 2.24) is 15.6 Å². The van der Waals surface area contributed by atoms with E-state index < -0.39 is 6.04 Å². The molecule has 4 N–H and O–H groups in total. The zero-order valence-electron chi connectivity index (χ0n) is 15.4. The van der Waals surface area contributed by atoms with Crippen LogP contribution in [0.1, 0.15) is 24.4 Å². The first-order chi connectivity index (χ1) is 12.4. The van der Waals surface area contributed by atoms with Crippen LogP contribution >= 0.6 is 11.3 Å². The molecule has 2 amide bonds. The third kappa shape index (κ3) is 5.93. The Kier molecular flexibility index (Phi) is 7.29. The molecular formula is C19H26N4O2S. The molecule has 0 aliphatic rings. The fraction of sp³-hybridized carbons (Fsp3) is 0.421. The number of rotatable bonds is 8. The lowest BCUT2D eigenvalue weighted by atomic mass is 10.1. The molecule has 2 aromatic rings. The van der Waals surface area contributed by atoms with Crippen molar-refractivity contribution in [1.29, 1.82) is 0 Å². The van der Waals surface area contributed by atoms with Crippen LogP contribution in [-0.4, -0.2) is 35.9 Å². The van der Waals surface area contributed by atoms with E-state index in [4.69, 9.17) is 5.73 Å². The summed E-state index contributed by atoms with van der Waals surface area (Å²) in [7, 11) is 0. The third-order valence-corrected chi connectivity index (χ3v) is 4.82. The smallest absolute Gasteiger partial charge is 0.239 e. The zero-order valence-corrected chi connectivity index (χ0v) is 16.2. The molecule has 0 unspecified atom stereocenters. The van der Waals surface area contributed by atoms with Gasteiger partial charge in [0, 0.05) is 17.5 Å². The maximum absolute atomic E-state index is 11.8. The van der Waals surface area contributed by atoms with E-state index in [-0.39, 0.29) is 24.3 Å². The van der Waals surface area contributed by atoms with Crippen LogP contribution in [0.25, 0.3) is 11.3 Å². The Morgan fingerprint density at radius 3 is 2.46 bits per heavy atom. The zero-order chi connectivity index (χ0) is 19.1. The van der Waals surface area contributed by atoms with Gasteiger partial charge in [-0.05, 0) is 24.8 Å². The molecule has 6 nitrogen and oxygen atoms in total. The molecule has 0 saturated carbocycles. The van der Waals surface area contributed by atoms with E-state index >= 15 is 0 Å². The minimum atomic E-state index is -0.595. The van der Waals surface area contributed by atoms with Gasteiger partial charge in [0.25, 0.3) is 0 Å². The number of aromatic nitrogens is 1. The van der Waals surface area contributed by atoms with E-state index in [1.807, 2.05) is 50.4 Å². The quantitative estimate of drug-likeness (QED) is 0.657. The minimum absolute atomic E-state index is 0.0363. The number of hydrogen-bond donors (Lipinski definition) is 3. The van der Waals surface area contributed by atoms with Crippen LogP contribution in [0.5, 0.6) is 0 Å². The van der Waals surface area contributed by atoms with Crippen molar-refractivity contribution < 1.29 is 9.59 Å². The van der Waals surface area contributed by atoms with E-state index in [9.17, 15) is 9.59 Å². The van der Waals surface area contributed by atoms with Gasteiger partial charge in [0.15, 0.2) is 0 Å². The summed E-state index contributed by atoms with van der Waals surface area (Å²) < 4.78 is 0. The Labute approximate surface area is 158 Å². The fourth-order valence-electron chi connectivity index (χ4n) is 2.33. The molecule has 0 aliphatic carbocycles. The van der Waals surface area contributed by atoms with E-state index in [1.54, 1.807) is 11.3 Å². The maximum atomic E-state index is 11.8. The summed E-state index contributed by atoms with van der Waals surface area (Å²) in [5, 5.41) is 8.45. The first-order valence-electron chi connectivity index (χ1n) is 8.68. The summed E-state index contributed by atoms with van der Waals surface area (Å²) in [5.74, 6) is -0.485. The number of benzene rings is 1. The van der Waals surface area contributed by atoms with Crippen molar-refractivity contribution in [3.63, 3.8) is 0 Å². The topological polar surface area (TPSA) is 97.1 Å². The normalized spacial score (nSPS) is 12.0. The van der Waals surface area contributed by atoms with Gasteiger partial charge in [0.1, 0.15) is 0 Å². The van der Waals surface area contributed by atoms with Crippen molar-refractivity contribution >= 4 is 23.2 Å².